The summed E-state index contributed by atoms with van der Waals surface area (Å²) in [6.45, 7) is 3.91. The van der Waals surface area contributed by atoms with Gasteiger partial charge in [-0.2, -0.15) is 0 Å². The van der Waals surface area contributed by atoms with Crippen molar-refractivity contribution in [1.29, 1.82) is 0 Å². The van der Waals surface area contributed by atoms with Crippen LogP contribution >= 0.6 is 0 Å². The van der Waals surface area contributed by atoms with Crippen LogP contribution in [0, 0.1) is 13.8 Å². The maximum Gasteiger partial charge on any atom is 0.294 e. The summed E-state index contributed by atoms with van der Waals surface area (Å²) in [5.74, 6) is 0.586. The van der Waals surface area contributed by atoms with Gasteiger partial charge in [-0.15, -0.1) is 0 Å². The SMILES string of the molecule is COc1cc(C(C(=O)NC2CCCC2)N(C(=O)c2ccco2)c2cc(C)cc(C)c2)cc(OC)c1OC. The Bertz CT molecular complexity index is 1200. The highest BCUT2D eigenvalue weighted by Gasteiger charge is 2.37. The highest BCUT2D eigenvalue weighted by molar-refractivity contribution is 6.08. The summed E-state index contributed by atoms with van der Waals surface area (Å²) < 4.78 is 22.2. The van der Waals surface area contributed by atoms with E-state index in [9.17, 15) is 9.59 Å². The van der Waals surface area contributed by atoms with E-state index in [0.717, 1.165) is 36.8 Å². The number of hydrogen-bond donors (Lipinski definition) is 1. The fourth-order valence-electron chi connectivity index (χ4n) is 5.02. The van der Waals surface area contributed by atoms with Crippen LogP contribution in [-0.2, 0) is 4.79 Å². The number of hydrogen-bond acceptors (Lipinski definition) is 6. The van der Waals surface area contributed by atoms with Gasteiger partial charge in [-0.3, -0.25) is 14.5 Å². The molecule has 1 unspecified atom stereocenters. The normalized spacial score (nSPS) is 14.2. The standard InChI is InChI=1S/C29H34N2O6/c1-18-13-19(2)15-22(14-18)31(29(33)23-11-8-12-37-23)26(28(32)30-21-9-6-7-10-21)20-16-24(34-3)27(36-5)25(17-20)35-4/h8,11-17,21,26H,6-7,9-10H2,1-5H3,(H,30,32). The molecule has 0 radical (unpaired) electrons. The van der Waals surface area contributed by atoms with Crippen LogP contribution in [0.1, 0.15) is 59.0 Å². The van der Waals surface area contributed by atoms with E-state index < -0.39 is 11.9 Å². The first-order chi connectivity index (χ1) is 17.9. The predicted molar refractivity (Wildman–Crippen MR) is 141 cm³/mol. The Balaban J connectivity index is 1.93. The molecule has 0 saturated heterocycles. The molecular weight excluding hydrogens is 472 g/mol. The molecule has 8 nitrogen and oxygen atoms in total. The molecular formula is C29H34N2O6. The first-order valence-electron chi connectivity index (χ1n) is 12.4. The molecule has 1 atom stereocenters. The van der Waals surface area contributed by atoms with Crippen molar-refractivity contribution < 1.29 is 28.2 Å². The van der Waals surface area contributed by atoms with Crippen LogP contribution in [-0.4, -0.2) is 39.2 Å². The molecule has 1 N–H and O–H groups in total. The lowest BCUT2D eigenvalue weighted by Gasteiger charge is -2.32. The molecule has 196 valence electrons. The van der Waals surface area contributed by atoms with Gasteiger partial charge in [0.2, 0.25) is 11.7 Å². The quantitative estimate of drug-likeness (QED) is 0.420. The second-order valence-electron chi connectivity index (χ2n) is 9.35. The molecule has 1 saturated carbocycles. The summed E-state index contributed by atoms with van der Waals surface area (Å²) in [5.41, 5.74) is 3.03. The molecule has 37 heavy (non-hydrogen) atoms. The largest absolute Gasteiger partial charge is 0.493 e. The molecule has 0 bridgehead atoms. The Hall–Kier alpha value is -3.94. The van der Waals surface area contributed by atoms with Crippen molar-refractivity contribution in [1.82, 2.24) is 5.32 Å². The fraction of sp³-hybridized carbons (Fsp3) is 0.379. The van der Waals surface area contributed by atoms with Crippen LogP contribution in [0.15, 0.2) is 53.1 Å². The summed E-state index contributed by atoms with van der Waals surface area (Å²) in [6, 6.07) is 11.5. The number of aryl methyl sites for hydroxylation is 2. The molecule has 1 aliphatic rings. The first-order valence-corrected chi connectivity index (χ1v) is 12.4. The van der Waals surface area contributed by atoms with E-state index in [1.54, 1.807) is 24.3 Å². The molecule has 2 aromatic carbocycles. The van der Waals surface area contributed by atoms with E-state index in [1.165, 1.54) is 32.5 Å². The zero-order chi connectivity index (χ0) is 26.5. The zero-order valence-corrected chi connectivity index (χ0v) is 22.0. The van der Waals surface area contributed by atoms with Gasteiger partial charge in [0.05, 0.1) is 27.6 Å². The number of carbonyl (C=O) groups excluding carboxylic acids is 2. The third-order valence-corrected chi connectivity index (χ3v) is 6.65. The van der Waals surface area contributed by atoms with Crippen molar-refractivity contribution in [3.05, 3.63) is 71.2 Å². The number of benzene rings is 2. The molecule has 1 fully saturated rings. The molecule has 3 aromatic rings. The number of anilines is 1. The lowest BCUT2D eigenvalue weighted by molar-refractivity contribution is -0.123. The summed E-state index contributed by atoms with van der Waals surface area (Å²) in [7, 11) is 4.56. The number of rotatable bonds is 9. The summed E-state index contributed by atoms with van der Waals surface area (Å²) >= 11 is 0. The molecule has 4 rings (SSSR count). The predicted octanol–water partition coefficient (Wildman–Crippen LogP) is 5.37. The van der Waals surface area contributed by atoms with Crippen molar-refractivity contribution in [2.24, 2.45) is 0 Å². The van der Waals surface area contributed by atoms with Crippen LogP contribution in [0.2, 0.25) is 0 Å². The Kier molecular flexibility index (Phi) is 8.06. The van der Waals surface area contributed by atoms with Gasteiger partial charge in [-0.25, -0.2) is 0 Å². The van der Waals surface area contributed by atoms with E-state index in [0.29, 0.717) is 28.5 Å². The second-order valence-corrected chi connectivity index (χ2v) is 9.35. The lowest BCUT2D eigenvalue weighted by Crippen LogP contribution is -2.46. The third-order valence-electron chi connectivity index (χ3n) is 6.65. The number of methoxy groups -OCH3 is 3. The van der Waals surface area contributed by atoms with E-state index in [-0.39, 0.29) is 17.7 Å². The van der Waals surface area contributed by atoms with Gasteiger partial charge < -0.3 is 23.9 Å². The molecule has 1 aliphatic carbocycles. The van der Waals surface area contributed by atoms with Crippen LogP contribution in [0.25, 0.3) is 0 Å². The highest BCUT2D eigenvalue weighted by Crippen LogP contribution is 2.42. The smallest absolute Gasteiger partial charge is 0.294 e. The van der Waals surface area contributed by atoms with Gasteiger partial charge in [0.1, 0.15) is 6.04 Å². The Morgan fingerprint density at radius 2 is 1.57 bits per heavy atom. The minimum Gasteiger partial charge on any atom is -0.493 e. The molecule has 8 heteroatoms. The van der Waals surface area contributed by atoms with Crippen molar-refractivity contribution in [3.63, 3.8) is 0 Å². The van der Waals surface area contributed by atoms with Crippen LogP contribution in [0.4, 0.5) is 5.69 Å². The summed E-state index contributed by atoms with van der Waals surface area (Å²) in [5, 5.41) is 3.18. The van der Waals surface area contributed by atoms with E-state index in [2.05, 4.69) is 5.32 Å². The van der Waals surface area contributed by atoms with Crippen molar-refractivity contribution in [2.45, 2.75) is 51.6 Å². The Morgan fingerprint density at radius 3 is 2.08 bits per heavy atom. The highest BCUT2D eigenvalue weighted by atomic mass is 16.5. The van der Waals surface area contributed by atoms with Gasteiger partial charge in [0, 0.05) is 11.7 Å². The maximum atomic E-state index is 14.1. The molecule has 2 amide bonds. The number of amides is 2. The maximum absolute atomic E-state index is 14.1. The lowest BCUT2D eigenvalue weighted by atomic mass is 9.99. The summed E-state index contributed by atoms with van der Waals surface area (Å²) in [6.07, 6.45) is 5.38. The third kappa shape index (κ3) is 5.58. The monoisotopic (exact) mass is 506 g/mol. The molecule has 1 aromatic heterocycles. The molecule has 1 heterocycles. The minimum absolute atomic E-state index is 0.0526. The van der Waals surface area contributed by atoms with Crippen LogP contribution < -0.4 is 24.4 Å². The van der Waals surface area contributed by atoms with E-state index >= 15 is 0 Å². The zero-order valence-electron chi connectivity index (χ0n) is 22.0. The van der Waals surface area contributed by atoms with Gasteiger partial charge >= 0.3 is 0 Å². The number of nitrogens with one attached hydrogen (secondary N) is 1. The minimum atomic E-state index is -1.03. The van der Waals surface area contributed by atoms with E-state index in [1.807, 2.05) is 32.0 Å². The van der Waals surface area contributed by atoms with Crippen molar-refractivity contribution in [2.75, 3.05) is 26.2 Å². The van der Waals surface area contributed by atoms with E-state index in [4.69, 9.17) is 18.6 Å². The number of ether oxygens (including phenoxy) is 3. The van der Waals surface area contributed by atoms with Gasteiger partial charge in [-0.05, 0) is 79.8 Å². The molecule has 0 spiro atoms. The Morgan fingerprint density at radius 1 is 0.946 bits per heavy atom. The number of carbonyl (C=O) groups is 2. The first kappa shape index (κ1) is 26.1. The summed E-state index contributed by atoms with van der Waals surface area (Å²) in [4.78, 5) is 29.5. The molecule has 0 aliphatic heterocycles. The fourth-order valence-corrected chi connectivity index (χ4v) is 5.02. The average molecular weight is 507 g/mol. The van der Waals surface area contributed by atoms with Crippen molar-refractivity contribution in [3.8, 4) is 17.2 Å². The van der Waals surface area contributed by atoms with Crippen LogP contribution in [0.5, 0.6) is 17.2 Å². The number of furan rings is 1. The van der Waals surface area contributed by atoms with Gasteiger partial charge in [0.15, 0.2) is 17.3 Å². The van der Waals surface area contributed by atoms with Crippen molar-refractivity contribution >= 4 is 17.5 Å². The Labute approximate surface area is 217 Å². The van der Waals surface area contributed by atoms with Gasteiger partial charge in [-0.1, -0.05) is 18.9 Å². The van der Waals surface area contributed by atoms with Crippen LogP contribution in [0.3, 0.4) is 0 Å². The topological polar surface area (TPSA) is 90.2 Å². The van der Waals surface area contributed by atoms with Gasteiger partial charge in [0.25, 0.3) is 5.91 Å². The number of nitrogens with zero attached hydrogens (tertiary/aromatic N) is 1. The second kappa shape index (κ2) is 11.4. The average Bonchev–Trinajstić information content (AvgIpc) is 3.60.